The van der Waals surface area contributed by atoms with Crippen LogP contribution in [0.4, 0.5) is 8.78 Å². The Morgan fingerprint density at radius 1 is 1.56 bits per heavy atom. The molecule has 5 nitrogen and oxygen atoms in total. The summed E-state index contributed by atoms with van der Waals surface area (Å²) in [5.41, 5.74) is -0.761. The Morgan fingerprint density at radius 2 is 2.25 bits per heavy atom. The highest BCUT2D eigenvalue weighted by Gasteiger charge is 2.25. The minimum Gasteiger partial charge on any atom is -0.382 e. The molecular weight excluding hydrogens is 220 g/mol. The third-order valence-corrected chi connectivity index (χ3v) is 2.25. The second-order valence-electron chi connectivity index (χ2n) is 3.24. The van der Waals surface area contributed by atoms with Gasteiger partial charge in [0, 0.05) is 7.11 Å². The maximum Gasteiger partial charge on any atom is 0.282 e. The maximum absolute atomic E-state index is 12.7. The number of alkyl halides is 2. The van der Waals surface area contributed by atoms with Crippen LogP contribution in [0, 0.1) is 0 Å². The maximum atomic E-state index is 12.7. The molecule has 0 bridgehead atoms. The van der Waals surface area contributed by atoms with Crippen LogP contribution in [0.3, 0.4) is 0 Å². The summed E-state index contributed by atoms with van der Waals surface area (Å²) in [5, 5.41) is 6.99. The topological polar surface area (TPSA) is 57.0 Å². The van der Waals surface area contributed by atoms with Crippen molar-refractivity contribution in [3.05, 3.63) is 11.4 Å². The summed E-state index contributed by atoms with van der Waals surface area (Å²) in [7, 11) is 1.47. The molecule has 1 rings (SSSR count). The fourth-order valence-corrected chi connectivity index (χ4v) is 1.43. The molecule has 0 saturated heterocycles. The van der Waals surface area contributed by atoms with E-state index in [1.54, 1.807) is 0 Å². The molecule has 0 radical (unpaired) electrons. The van der Waals surface area contributed by atoms with Crippen LogP contribution < -0.4 is 0 Å². The molecule has 0 aliphatic rings. The zero-order valence-electron chi connectivity index (χ0n) is 9.06. The highest BCUT2D eigenvalue weighted by atomic mass is 19.3. The Bertz CT molecular complexity index is 355. The zero-order chi connectivity index (χ0) is 12.1. The van der Waals surface area contributed by atoms with Crippen LogP contribution in [0.25, 0.3) is 0 Å². The van der Waals surface area contributed by atoms with Crippen molar-refractivity contribution in [1.82, 2.24) is 15.0 Å². The lowest BCUT2D eigenvalue weighted by atomic mass is 10.2. The predicted octanol–water partition coefficient (Wildman–Crippen LogP) is 1.63. The van der Waals surface area contributed by atoms with Gasteiger partial charge in [-0.25, -0.2) is 13.5 Å². The van der Waals surface area contributed by atoms with Gasteiger partial charge in [-0.1, -0.05) is 12.1 Å². The zero-order valence-corrected chi connectivity index (χ0v) is 9.06. The molecule has 0 aliphatic heterocycles. The SMILES string of the molecule is CCC(COC)n1nnc(C=O)c1C(F)F. The molecule has 16 heavy (non-hydrogen) atoms. The van der Waals surface area contributed by atoms with E-state index < -0.39 is 12.1 Å². The van der Waals surface area contributed by atoms with Crippen LogP contribution in [0.5, 0.6) is 0 Å². The minimum atomic E-state index is -2.78. The number of carbonyl (C=O) groups is 1. The van der Waals surface area contributed by atoms with E-state index in [9.17, 15) is 13.6 Å². The highest BCUT2D eigenvalue weighted by molar-refractivity contribution is 5.73. The number of ether oxygens (including phenoxy) is 1. The Hall–Kier alpha value is -1.37. The smallest absolute Gasteiger partial charge is 0.282 e. The summed E-state index contributed by atoms with van der Waals surface area (Å²) < 4.78 is 31.5. The van der Waals surface area contributed by atoms with Gasteiger partial charge in [0.25, 0.3) is 6.43 Å². The predicted molar refractivity (Wildman–Crippen MR) is 51.6 cm³/mol. The van der Waals surface area contributed by atoms with E-state index in [1.165, 1.54) is 7.11 Å². The number of aromatic nitrogens is 3. The molecule has 0 aromatic carbocycles. The molecule has 0 fully saturated rings. The van der Waals surface area contributed by atoms with Crippen molar-refractivity contribution in [3.63, 3.8) is 0 Å². The van der Waals surface area contributed by atoms with Crippen LogP contribution in [0.2, 0.25) is 0 Å². The molecule has 1 heterocycles. The number of carbonyl (C=O) groups excluding carboxylic acids is 1. The number of hydrogen-bond donors (Lipinski definition) is 0. The monoisotopic (exact) mass is 233 g/mol. The van der Waals surface area contributed by atoms with Crippen molar-refractivity contribution in [2.24, 2.45) is 0 Å². The lowest BCUT2D eigenvalue weighted by molar-refractivity contribution is 0.106. The van der Waals surface area contributed by atoms with Gasteiger partial charge in [-0.15, -0.1) is 5.10 Å². The van der Waals surface area contributed by atoms with Gasteiger partial charge in [0.15, 0.2) is 12.0 Å². The number of hydrogen-bond acceptors (Lipinski definition) is 4. The molecule has 0 amide bonds. The summed E-state index contributed by atoms with van der Waals surface area (Å²) in [6.07, 6.45) is -1.93. The van der Waals surface area contributed by atoms with E-state index in [2.05, 4.69) is 10.3 Å². The lowest BCUT2D eigenvalue weighted by Gasteiger charge is -2.16. The summed E-state index contributed by atoms with van der Waals surface area (Å²) in [4.78, 5) is 10.5. The second-order valence-corrected chi connectivity index (χ2v) is 3.24. The molecule has 1 aromatic rings. The molecule has 0 N–H and O–H groups in total. The standard InChI is InChI=1S/C9H13F2N3O2/c1-3-6(5-16-2)14-8(9(10)11)7(4-15)12-13-14/h4,6,9H,3,5H2,1-2H3. The fraction of sp³-hybridized carbons (Fsp3) is 0.667. The van der Waals surface area contributed by atoms with Gasteiger partial charge < -0.3 is 4.74 Å². The van der Waals surface area contributed by atoms with Gasteiger partial charge in [0.2, 0.25) is 0 Å². The van der Waals surface area contributed by atoms with E-state index in [-0.39, 0.29) is 24.6 Å². The third kappa shape index (κ3) is 2.41. The first kappa shape index (κ1) is 12.7. The van der Waals surface area contributed by atoms with E-state index in [4.69, 9.17) is 4.74 Å². The van der Waals surface area contributed by atoms with Crippen LogP contribution >= 0.6 is 0 Å². The normalized spacial score (nSPS) is 13.1. The summed E-state index contributed by atoms with van der Waals surface area (Å²) >= 11 is 0. The third-order valence-electron chi connectivity index (χ3n) is 2.25. The Labute approximate surface area is 91.4 Å². The molecule has 1 atom stereocenters. The van der Waals surface area contributed by atoms with Gasteiger partial charge in [-0.2, -0.15) is 0 Å². The van der Waals surface area contributed by atoms with E-state index >= 15 is 0 Å². The van der Waals surface area contributed by atoms with Gasteiger partial charge in [0.1, 0.15) is 5.69 Å². The molecule has 90 valence electrons. The molecule has 1 aromatic heterocycles. The van der Waals surface area contributed by atoms with Crippen LogP contribution in [0.15, 0.2) is 0 Å². The lowest BCUT2D eigenvalue weighted by Crippen LogP contribution is -2.18. The highest BCUT2D eigenvalue weighted by Crippen LogP contribution is 2.24. The molecule has 1 unspecified atom stereocenters. The number of rotatable bonds is 6. The number of halogens is 2. The minimum absolute atomic E-state index is 0.248. The summed E-state index contributed by atoms with van der Waals surface area (Å²) in [6, 6.07) is -0.338. The molecule has 7 heteroatoms. The van der Waals surface area contributed by atoms with Crippen molar-refractivity contribution in [3.8, 4) is 0 Å². The number of methoxy groups -OCH3 is 1. The van der Waals surface area contributed by atoms with Crippen LogP contribution in [-0.4, -0.2) is 35.0 Å². The Kier molecular flexibility index (Phi) is 4.48. The first-order valence-electron chi connectivity index (χ1n) is 4.83. The quantitative estimate of drug-likeness (QED) is 0.700. The Balaban J connectivity index is 3.11. The molecule has 0 aliphatic carbocycles. The van der Waals surface area contributed by atoms with E-state index in [0.717, 1.165) is 4.68 Å². The second kappa shape index (κ2) is 5.64. The van der Waals surface area contributed by atoms with Crippen LogP contribution in [-0.2, 0) is 4.74 Å². The Morgan fingerprint density at radius 3 is 2.69 bits per heavy atom. The number of nitrogens with zero attached hydrogens (tertiary/aromatic N) is 3. The van der Waals surface area contributed by atoms with Gasteiger partial charge in [-0.3, -0.25) is 4.79 Å². The van der Waals surface area contributed by atoms with E-state index in [0.29, 0.717) is 6.42 Å². The van der Waals surface area contributed by atoms with Crippen LogP contribution in [0.1, 0.15) is 42.0 Å². The van der Waals surface area contributed by atoms with Gasteiger partial charge >= 0.3 is 0 Å². The van der Waals surface area contributed by atoms with Gasteiger partial charge in [-0.05, 0) is 6.42 Å². The number of aldehydes is 1. The van der Waals surface area contributed by atoms with E-state index in [1.807, 2.05) is 6.92 Å². The van der Waals surface area contributed by atoms with Gasteiger partial charge in [0.05, 0.1) is 12.6 Å². The van der Waals surface area contributed by atoms with Crippen molar-refractivity contribution >= 4 is 6.29 Å². The van der Waals surface area contributed by atoms with Crippen molar-refractivity contribution in [2.45, 2.75) is 25.8 Å². The first-order valence-corrected chi connectivity index (χ1v) is 4.83. The fourth-order valence-electron chi connectivity index (χ4n) is 1.43. The molecular formula is C9H13F2N3O2. The first-order chi connectivity index (χ1) is 7.65. The average molecular weight is 233 g/mol. The largest absolute Gasteiger partial charge is 0.382 e. The average Bonchev–Trinajstić information content (AvgIpc) is 2.69. The molecule has 0 spiro atoms. The van der Waals surface area contributed by atoms with Crippen molar-refractivity contribution < 1.29 is 18.3 Å². The van der Waals surface area contributed by atoms with Crippen molar-refractivity contribution in [1.29, 1.82) is 0 Å². The van der Waals surface area contributed by atoms with Crippen molar-refractivity contribution in [2.75, 3.05) is 13.7 Å². The molecule has 0 saturated carbocycles. The summed E-state index contributed by atoms with van der Waals surface area (Å²) in [5.74, 6) is 0. The summed E-state index contributed by atoms with van der Waals surface area (Å²) in [6.45, 7) is 2.07.